The molecule has 4 aromatic carbocycles. The van der Waals surface area contributed by atoms with Crippen LogP contribution in [0, 0.1) is 29.1 Å². The van der Waals surface area contributed by atoms with Crippen molar-refractivity contribution in [3.05, 3.63) is 119 Å². The topological polar surface area (TPSA) is 0 Å². The number of halogens is 7. The van der Waals surface area contributed by atoms with E-state index < -0.39 is 51.9 Å². The first-order valence-corrected chi connectivity index (χ1v) is 11.1. The van der Waals surface area contributed by atoms with Crippen LogP contribution in [0.3, 0.4) is 0 Å². The van der Waals surface area contributed by atoms with Crippen LogP contribution in [0.15, 0.2) is 72.8 Å². The molecule has 0 aromatic heterocycles. The number of hydrogen-bond acceptors (Lipinski definition) is 0. The molecule has 0 aliphatic heterocycles. The molecule has 0 fully saturated rings. The van der Waals surface area contributed by atoms with Crippen molar-refractivity contribution in [1.29, 1.82) is 0 Å². The van der Waals surface area contributed by atoms with Gasteiger partial charge in [-0.05, 0) is 59.0 Å². The Kier molecular flexibility index (Phi) is 7.29. The molecule has 0 N–H and O–H groups in total. The molecule has 0 atom stereocenters. The summed E-state index contributed by atoms with van der Waals surface area (Å²) in [4.78, 5) is 0. The summed E-state index contributed by atoms with van der Waals surface area (Å²) < 4.78 is 99.2. The molecule has 0 saturated heterocycles. The molecular weight excluding hydrogens is 481 g/mol. The van der Waals surface area contributed by atoms with E-state index in [1.807, 2.05) is 24.3 Å². The molecule has 0 aliphatic rings. The van der Waals surface area contributed by atoms with Gasteiger partial charge in [0.15, 0.2) is 29.1 Å². The summed E-state index contributed by atoms with van der Waals surface area (Å²) >= 11 is 0. The first kappa shape index (κ1) is 25.2. The van der Waals surface area contributed by atoms with Crippen molar-refractivity contribution in [3.63, 3.8) is 0 Å². The van der Waals surface area contributed by atoms with Crippen LogP contribution in [0.25, 0.3) is 33.9 Å². The third kappa shape index (κ3) is 5.05. The van der Waals surface area contributed by atoms with Crippen LogP contribution in [0.1, 0.15) is 30.0 Å². The summed E-state index contributed by atoms with van der Waals surface area (Å²) in [6.45, 7) is 2.06. The molecule has 0 amide bonds. The SMILES string of the molecule is CCCc1ccc(-c2ccc(/C(F)=C(/F)c3ccc(-c4cc(F)c(F)c(F)c4)c(F)c3)c(F)c2)cc1. The van der Waals surface area contributed by atoms with Crippen LogP contribution in [0.4, 0.5) is 30.7 Å². The van der Waals surface area contributed by atoms with Gasteiger partial charge in [0.25, 0.3) is 0 Å². The Morgan fingerprint density at radius 1 is 0.583 bits per heavy atom. The highest BCUT2D eigenvalue weighted by Crippen LogP contribution is 2.34. The maximum Gasteiger partial charge on any atom is 0.194 e. The average Bonchev–Trinajstić information content (AvgIpc) is 2.86. The fourth-order valence-electron chi connectivity index (χ4n) is 3.87. The Morgan fingerprint density at radius 3 is 1.78 bits per heavy atom. The lowest BCUT2D eigenvalue weighted by molar-refractivity contribution is 0.447. The van der Waals surface area contributed by atoms with Crippen molar-refractivity contribution < 1.29 is 30.7 Å². The van der Waals surface area contributed by atoms with Gasteiger partial charge < -0.3 is 0 Å². The maximum atomic E-state index is 14.9. The zero-order valence-electron chi connectivity index (χ0n) is 19.0. The highest BCUT2D eigenvalue weighted by atomic mass is 19.2. The molecule has 0 unspecified atom stereocenters. The maximum absolute atomic E-state index is 14.9. The summed E-state index contributed by atoms with van der Waals surface area (Å²) in [6, 6.07) is 14.8. The number of hydrogen-bond donors (Lipinski definition) is 0. The van der Waals surface area contributed by atoms with Gasteiger partial charge in [0.2, 0.25) is 0 Å². The van der Waals surface area contributed by atoms with E-state index in [2.05, 4.69) is 6.92 Å². The van der Waals surface area contributed by atoms with Gasteiger partial charge in [0.1, 0.15) is 11.6 Å². The summed E-state index contributed by atoms with van der Waals surface area (Å²) in [5.74, 6) is -9.97. The molecule has 184 valence electrons. The van der Waals surface area contributed by atoms with E-state index in [0.717, 1.165) is 42.7 Å². The molecule has 7 heteroatoms. The summed E-state index contributed by atoms with van der Waals surface area (Å²) in [5.41, 5.74) is 0.424. The fourth-order valence-corrected chi connectivity index (χ4v) is 3.87. The van der Waals surface area contributed by atoms with Crippen molar-refractivity contribution >= 4 is 11.7 Å². The van der Waals surface area contributed by atoms with Crippen molar-refractivity contribution in [2.45, 2.75) is 19.8 Å². The van der Waals surface area contributed by atoms with E-state index in [1.54, 1.807) is 0 Å². The van der Waals surface area contributed by atoms with E-state index in [-0.39, 0.29) is 11.1 Å². The van der Waals surface area contributed by atoms with Gasteiger partial charge in [-0.15, -0.1) is 0 Å². The molecule has 0 aliphatic carbocycles. The number of rotatable bonds is 6. The fraction of sp³-hybridized carbons (Fsp3) is 0.103. The van der Waals surface area contributed by atoms with Gasteiger partial charge >= 0.3 is 0 Å². The monoisotopic (exact) mass is 500 g/mol. The van der Waals surface area contributed by atoms with E-state index in [9.17, 15) is 30.7 Å². The lowest BCUT2D eigenvalue weighted by Crippen LogP contribution is -1.95. The van der Waals surface area contributed by atoms with Gasteiger partial charge in [-0.2, -0.15) is 0 Å². The zero-order valence-corrected chi connectivity index (χ0v) is 19.0. The van der Waals surface area contributed by atoms with Gasteiger partial charge in [-0.1, -0.05) is 55.8 Å². The quantitative estimate of drug-likeness (QED) is 0.141. The minimum Gasteiger partial charge on any atom is -0.206 e. The summed E-state index contributed by atoms with van der Waals surface area (Å²) in [7, 11) is 0. The third-order valence-corrected chi connectivity index (χ3v) is 5.74. The molecule has 0 bridgehead atoms. The molecule has 0 saturated carbocycles. The smallest absolute Gasteiger partial charge is 0.194 e. The van der Waals surface area contributed by atoms with Crippen LogP contribution in [0.2, 0.25) is 0 Å². The van der Waals surface area contributed by atoms with Gasteiger partial charge in [0, 0.05) is 16.7 Å². The molecule has 36 heavy (non-hydrogen) atoms. The minimum absolute atomic E-state index is 0.329. The van der Waals surface area contributed by atoms with Crippen molar-refractivity contribution in [1.82, 2.24) is 0 Å². The highest BCUT2D eigenvalue weighted by molar-refractivity contribution is 5.84. The largest absolute Gasteiger partial charge is 0.206 e. The van der Waals surface area contributed by atoms with E-state index in [1.165, 1.54) is 6.07 Å². The lowest BCUT2D eigenvalue weighted by atomic mass is 9.99. The van der Waals surface area contributed by atoms with Crippen LogP contribution in [-0.4, -0.2) is 0 Å². The lowest BCUT2D eigenvalue weighted by Gasteiger charge is -2.09. The Bertz CT molecular complexity index is 1430. The van der Waals surface area contributed by atoms with Gasteiger partial charge in [-0.25, -0.2) is 30.7 Å². The normalized spacial score (nSPS) is 12.0. The predicted octanol–water partition coefficient (Wildman–Crippen LogP) is 9.43. The van der Waals surface area contributed by atoms with Crippen LogP contribution < -0.4 is 0 Å². The van der Waals surface area contributed by atoms with Crippen LogP contribution >= 0.6 is 0 Å². The van der Waals surface area contributed by atoms with Crippen molar-refractivity contribution in [2.24, 2.45) is 0 Å². The van der Waals surface area contributed by atoms with Crippen LogP contribution in [-0.2, 0) is 6.42 Å². The second kappa shape index (κ2) is 10.4. The molecule has 4 rings (SSSR count). The Balaban J connectivity index is 1.64. The van der Waals surface area contributed by atoms with Crippen LogP contribution in [0.5, 0.6) is 0 Å². The molecular formula is C29H19F7. The molecule has 4 aromatic rings. The van der Waals surface area contributed by atoms with E-state index >= 15 is 0 Å². The van der Waals surface area contributed by atoms with E-state index in [0.29, 0.717) is 29.3 Å². The van der Waals surface area contributed by atoms with Crippen molar-refractivity contribution in [3.8, 4) is 22.3 Å². The standard InChI is InChI=1S/C29H19F7/c1-2-3-16-4-6-17(7-5-16)18-8-11-22(24(31)12-18)28(35)27(34)19-9-10-21(23(30)13-19)20-14-25(32)29(36)26(33)15-20/h4-15H,2-3H2,1H3/b28-27-. The first-order valence-electron chi connectivity index (χ1n) is 11.1. The predicted molar refractivity (Wildman–Crippen MR) is 127 cm³/mol. The first-order chi connectivity index (χ1) is 17.2. The number of aryl methyl sites for hydroxylation is 1. The average molecular weight is 500 g/mol. The summed E-state index contributed by atoms with van der Waals surface area (Å²) in [6.07, 6.45) is 1.89. The highest BCUT2D eigenvalue weighted by Gasteiger charge is 2.19. The molecule has 0 heterocycles. The Hall–Kier alpha value is -3.87. The summed E-state index contributed by atoms with van der Waals surface area (Å²) in [5, 5.41) is 0. The third-order valence-electron chi connectivity index (χ3n) is 5.74. The minimum atomic E-state index is -1.71. The van der Waals surface area contributed by atoms with Crippen molar-refractivity contribution in [2.75, 3.05) is 0 Å². The second-order valence-electron chi connectivity index (χ2n) is 8.22. The van der Waals surface area contributed by atoms with Gasteiger partial charge in [0.05, 0.1) is 0 Å². The number of benzene rings is 4. The van der Waals surface area contributed by atoms with E-state index in [4.69, 9.17) is 0 Å². The zero-order chi connectivity index (χ0) is 26.0. The molecule has 0 nitrogen and oxygen atoms in total. The molecule has 0 spiro atoms. The van der Waals surface area contributed by atoms with Gasteiger partial charge in [-0.3, -0.25) is 0 Å². The Morgan fingerprint density at radius 2 is 1.19 bits per heavy atom. The molecule has 0 radical (unpaired) electrons. The Labute approximate surface area is 203 Å². The second-order valence-corrected chi connectivity index (χ2v) is 8.22.